The fraction of sp³-hybridized carbons (Fsp3) is 0.176. The van der Waals surface area contributed by atoms with Crippen molar-refractivity contribution in [1.82, 2.24) is 0 Å². The second-order valence-electron chi connectivity index (χ2n) is 18.7. The van der Waals surface area contributed by atoms with Crippen LogP contribution in [-0.2, 0) is 97.8 Å². The van der Waals surface area contributed by atoms with Crippen LogP contribution >= 0.6 is 36.1 Å². The number of hydrogen-bond donors (Lipinski definition) is 11. The minimum absolute atomic E-state index is 0.0164. The van der Waals surface area contributed by atoms with Crippen LogP contribution < -0.4 is 9.86 Å². The monoisotopic (exact) mass is 1500 g/mol. The summed E-state index contributed by atoms with van der Waals surface area (Å²) in [5.74, 6) is -1.05. The first-order chi connectivity index (χ1) is 44.7. The van der Waals surface area contributed by atoms with Crippen LogP contribution in [0.5, 0.6) is 17.2 Å². The number of nitro benzene ring substituents is 2. The van der Waals surface area contributed by atoms with E-state index in [9.17, 15) is 82.2 Å². The van der Waals surface area contributed by atoms with Crippen LogP contribution in [0.3, 0.4) is 0 Å². The first kappa shape index (κ1) is 80.5. The fourth-order valence-corrected chi connectivity index (χ4v) is 11.3. The van der Waals surface area contributed by atoms with Gasteiger partial charge in [0.2, 0.25) is 20.0 Å². The van der Waals surface area contributed by atoms with Crippen molar-refractivity contribution in [2.24, 2.45) is 25.6 Å². The summed E-state index contributed by atoms with van der Waals surface area (Å²) in [6.07, 6.45) is 4.06. The van der Waals surface area contributed by atoms with Crippen LogP contribution in [-0.4, -0.2) is 115 Å². The SMILES string of the molecule is CCc1cc(NS(C)(=O)=O)ccc1S(=O)(=O)O.CCc1cc(S(=O)(=O)O)cc2cc(SOOO)c(N=Nc3cc([N+](=O)[O-])ccc3O)c(O)c12.CCc1ccc2c(O)c(N=Nc3ccc(SOOO)c4cc([N+](=O)[O-])ccc34)c(SOOO)cc2c1.CS(=O)(=O)O.CS(N)(=O)=O. The molecule has 0 amide bonds. The molecule has 0 radical (unpaired) electrons. The zero-order valence-corrected chi connectivity index (χ0v) is 56.3. The fourth-order valence-electron chi connectivity index (χ4n) is 7.93. The molecule has 0 saturated carbocycles. The normalized spacial score (nSPS) is 11.9. The second-order valence-corrected chi connectivity index (χ2v) is 28.6. The third-order valence-corrected chi connectivity index (χ3v) is 16.0. The molecule has 37 nitrogen and oxygen atoms in total. The molecule has 8 aromatic rings. The van der Waals surface area contributed by atoms with Crippen molar-refractivity contribution in [1.29, 1.82) is 0 Å². The summed E-state index contributed by atoms with van der Waals surface area (Å²) in [7, 11) is -19.1. The molecule has 8 rings (SSSR count). The summed E-state index contributed by atoms with van der Waals surface area (Å²) >= 11 is 1.66. The molecule has 0 aliphatic rings. The number of anilines is 1. The zero-order chi connectivity index (χ0) is 72.3. The first-order valence-corrected chi connectivity index (χ1v) is 36.5. The lowest BCUT2D eigenvalue weighted by molar-refractivity contribution is -0.432. The summed E-state index contributed by atoms with van der Waals surface area (Å²) in [5, 5.41) is 113. The highest BCUT2D eigenvalue weighted by atomic mass is 32.2. The molecule has 0 fully saturated rings. The number of azo groups is 2. The number of primary sulfonamides is 1. The van der Waals surface area contributed by atoms with E-state index < -0.39 is 76.6 Å². The number of benzene rings is 8. The number of nitro groups is 2. The van der Waals surface area contributed by atoms with Gasteiger partial charge in [-0.2, -0.15) is 25.3 Å². The average molecular weight is 1500 g/mol. The average Bonchev–Trinajstić information content (AvgIpc) is 0.775. The van der Waals surface area contributed by atoms with Gasteiger partial charge in [0, 0.05) is 56.4 Å². The molecule has 0 aromatic heterocycles. The molecule has 96 heavy (non-hydrogen) atoms. The van der Waals surface area contributed by atoms with Gasteiger partial charge >= 0.3 is 0 Å². The number of phenolic OH excluding ortho intramolecular Hbond substituents is 3. The van der Waals surface area contributed by atoms with Gasteiger partial charge < -0.3 is 15.3 Å². The second kappa shape index (κ2) is 35.3. The quantitative estimate of drug-likeness (QED) is 0.00749. The van der Waals surface area contributed by atoms with Gasteiger partial charge in [0.15, 0.2) is 11.5 Å². The summed E-state index contributed by atoms with van der Waals surface area (Å²) in [5.41, 5.74) is 1.37. The summed E-state index contributed by atoms with van der Waals surface area (Å²) in [6.45, 7) is 5.40. The maximum Gasteiger partial charge on any atom is 0.294 e. The number of sulfonamides is 2. The van der Waals surface area contributed by atoms with Gasteiger partial charge in [0.05, 0.1) is 90.0 Å². The predicted octanol–water partition coefficient (Wildman–Crippen LogP) is 11.5. The summed E-state index contributed by atoms with van der Waals surface area (Å²) in [4.78, 5) is 21.1. The van der Waals surface area contributed by atoms with Gasteiger partial charge in [-0.3, -0.25) is 38.6 Å². The van der Waals surface area contributed by atoms with Crippen molar-refractivity contribution in [3.63, 3.8) is 0 Å². The van der Waals surface area contributed by atoms with E-state index in [0.717, 1.165) is 54.1 Å². The Balaban J connectivity index is 0.000000299. The van der Waals surface area contributed by atoms with Crippen molar-refractivity contribution >= 4 is 159 Å². The molecule has 0 unspecified atom stereocenters. The molecule has 12 N–H and O–H groups in total. The van der Waals surface area contributed by atoms with Gasteiger partial charge in [-0.25, -0.2) is 37.7 Å². The molecular weight excluding hydrogens is 1450 g/mol. The van der Waals surface area contributed by atoms with E-state index in [0.29, 0.717) is 91.6 Å². The molecule has 0 spiro atoms. The Labute approximate surface area is 557 Å². The molecule has 0 aliphatic carbocycles. The minimum Gasteiger partial charge on any atom is -0.506 e. The van der Waals surface area contributed by atoms with Crippen LogP contribution in [0.2, 0.25) is 0 Å². The van der Waals surface area contributed by atoms with Crippen molar-refractivity contribution < 1.29 is 125 Å². The lowest BCUT2D eigenvalue weighted by atomic mass is 10.0. The topological polar surface area (TPSA) is 582 Å². The molecule has 45 heteroatoms. The highest BCUT2D eigenvalue weighted by Gasteiger charge is 2.23. The van der Waals surface area contributed by atoms with Crippen molar-refractivity contribution in [2.75, 3.05) is 23.5 Å². The lowest BCUT2D eigenvalue weighted by Gasteiger charge is -2.13. The van der Waals surface area contributed by atoms with E-state index in [1.54, 1.807) is 38.1 Å². The summed E-state index contributed by atoms with van der Waals surface area (Å²) < 4.78 is 146. The molecule has 0 aliphatic heterocycles. The summed E-state index contributed by atoms with van der Waals surface area (Å²) in [6, 6.07) is 25.1. The highest BCUT2D eigenvalue weighted by Crippen LogP contribution is 2.48. The van der Waals surface area contributed by atoms with E-state index in [1.807, 2.05) is 19.1 Å². The lowest BCUT2D eigenvalue weighted by Crippen LogP contribution is -2.10. The van der Waals surface area contributed by atoms with Crippen LogP contribution in [0.15, 0.2) is 154 Å². The number of non-ortho nitro benzene ring substituents is 2. The Morgan fingerprint density at radius 2 is 1.02 bits per heavy atom. The first-order valence-electron chi connectivity index (χ1n) is 25.7. The van der Waals surface area contributed by atoms with E-state index in [1.165, 1.54) is 48.5 Å². The number of rotatable bonds is 22. The number of nitrogens with one attached hydrogen (secondary N) is 1. The van der Waals surface area contributed by atoms with Crippen LogP contribution in [0, 0.1) is 20.2 Å². The Morgan fingerprint density at radius 3 is 1.52 bits per heavy atom. The van der Waals surface area contributed by atoms with E-state index in [-0.39, 0.29) is 66.9 Å². The Morgan fingerprint density at radius 1 is 0.521 bits per heavy atom. The third-order valence-electron chi connectivity index (χ3n) is 11.7. The van der Waals surface area contributed by atoms with Gasteiger partial charge in [-0.15, -0.1) is 33.5 Å². The van der Waals surface area contributed by atoms with E-state index in [2.05, 4.69) is 58.4 Å². The standard InChI is InChI=1S/C22H17N3O9S2.C18H15N3O10S2.C9H13NO5S2.CH5NO2S.CH4O3S/c1-2-12-3-5-15-13(9-12)10-20(36-34-32-30)21(22(15)26)24-23-18-7-8-19(35-33-31-29)17-11-14(25(27)28)4-6-16(17)18;1-2-9-5-12(33(27,28)29)6-10-7-15(32-31-30-26)17(18(23)16(9)10)20-19-13-8-11(21(24)25)3-4-14(13)22;1-3-7-6-8(10-16(2,11)12)4-5-9(7)17(13,14)15;2*1-5(2,3)4/h3-11,26,29-30H,2H2,1H3;3-8,22-23,26H,2H2,1H3,(H,27,28,29);4-6,10H,3H2,1-2H3,(H,13,14,15);1H3,(H2,2,3,4);1H3,(H,2,3,4). The molecule has 0 saturated heterocycles. The smallest absolute Gasteiger partial charge is 0.294 e. The minimum atomic E-state index is -4.55. The largest absolute Gasteiger partial charge is 0.506 e. The number of hydrogen-bond acceptors (Lipinski definition) is 33. The number of nitrogens with two attached hydrogens (primary N) is 1. The molecule has 0 heterocycles. The van der Waals surface area contributed by atoms with Gasteiger partial charge in [0.25, 0.3) is 41.7 Å². The predicted molar refractivity (Wildman–Crippen MR) is 346 cm³/mol. The highest BCUT2D eigenvalue weighted by molar-refractivity contribution is 7.95. The number of fused-ring (bicyclic) bond motifs is 3. The van der Waals surface area contributed by atoms with Crippen LogP contribution in [0.4, 0.5) is 39.8 Å². The Bertz CT molecular complexity index is 4800. The van der Waals surface area contributed by atoms with Crippen molar-refractivity contribution in [2.45, 2.75) is 64.5 Å². The van der Waals surface area contributed by atoms with Crippen molar-refractivity contribution in [3.05, 3.63) is 146 Å². The Hall–Kier alpha value is -7.98. The molecular formula is C51H54N8O29S8. The molecule has 0 atom stereocenters. The number of aromatic hydroxyl groups is 3. The molecule has 8 aromatic carbocycles. The Kier molecular flexibility index (Phi) is 29.6. The third kappa shape index (κ3) is 24.9. The maximum atomic E-state index is 11.6. The number of aryl methyl sites for hydroxylation is 3. The van der Waals surface area contributed by atoms with Gasteiger partial charge in [-0.1, -0.05) is 54.1 Å². The zero-order valence-electron chi connectivity index (χ0n) is 49.7. The maximum absolute atomic E-state index is 11.6. The van der Waals surface area contributed by atoms with Gasteiger partial charge in [-0.05, 0) is 113 Å². The number of nitrogens with zero attached hydrogens (tertiary/aromatic N) is 6. The molecule has 520 valence electrons. The van der Waals surface area contributed by atoms with E-state index >= 15 is 0 Å². The van der Waals surface area contributed by atoms with Crippen molar-refractivity contribution in [3.8, 4) is 17.2 Å². The van der Waals surface area contributed by atoms with Gasteiger partial charge in [0.1, 0.15) is 22.8 Å². The van der Waals surface area contributed by atoms with E-state index in [4.69, 9.17) is 24.9 Å². The van der Waals surface area contributed by atoms with Crippen LogP contribution in [0.1, 0.15) is 37.5 Å². The number of phenols is 3. The van der Waals surface area contributed by atoms with Crippen LogP contribution in [0.25, 0.3) is 32.3 Å². The molecule has 0 bridgehead atoms.